The van der Waals surface area contributed by atoms with Crippen molar-refractivity contribution in [1.82, 2.24) is 20.3 Å². The van der Waals surface area contributed by atoms with Gasteiger partial charge in [-0.25, -0.2) is 32.6 Å². The van der Waals surface area contributed by atoms with E-state index < -0.39 is 41.3 Å². The summed E-state index contributed by atoms with van der Waals surface area (Å²) in [6.45, 7) is 2.20. The predicted octanol–water partition coefficient (Wildman–Crippen LogP) is 5.91. The average molecular weight is 605 g/mol. The Morgan fingerprint density at radius 3 is 2.37 bits per heavy atom. The minimum atomic E-state index is -5.08. The molecule has 0 atom stereocenters. The molecule has 5 rings (SSSR count). The summed E-state index contributed by atoms with van der Waals surface area (Å²) in [5.41, 5.74) is 2.53. The number of urea groups is 1. The van der Waals surface area contributed by atoms with Crippen LogP contribution in [0.1, 0.15) is 16.7 Å². The summed E-state index contributed by atoms with van der Waals surface area (Å²) in [7, 11) is 0. The number of hydrogen-bond donors (Lipinski definition) is 3. The van der Waals surface area contributed by atoms with Gasteiger partial charge in [0.25, 0.3) is 0 Å². The number of benzene rings is 2. The van der Waals surface area contributed by atoms with Gasteiger partial charge in [-0.15, -0.1) is 0 Å². The molecule has 0 spiro atoms. The fourth-order valence-electron chi connectivity index (χ4n) is 4.13. The number of rotatable bonds is 6. The maximum Gasteiger partial charge on any atom is 0.490 e. The van der Waals surface area contributed by atoms with Crippen molar-refractivity contribution in [2.24, 2.45) is 0 Å². The molecule has 15 heteroatoms. The summed E-state index contributed by atoms with van der Waals surface area (Å²) < 4.78 is 75.1. The van der Waals surface area contributed by atoms with Gasteiger partial charge in [0.15, 0.2) is 5.82 Å². The van der Waals surface area contributed by atoms with Crippen molar-refractivity contribution in [3.05, 3.63) is 95.1 Å². The Bertz CT molecular complexity index is 1630. The highest BCUT2D eigenvalue weighted by atomic mass is 19.4. The minimum absolute atomic E-state index is 0.0306. The van der Waals surface area contributed by atoms with E-state index in [2.05, 4.69) is 25.6 Å². The van der Waals surface area contributed by atoms with Gasteiger partial charge in [0.2, 0.25) is 5.95 Å². The van der Waals surface area contributed by atoms with Crippen molar-refractivity contribution in [3.8, 4) is 11.3 Å². The van der Waals surface area contributed by atoms with Crippen LogP contribution >= 0.6 is 0 Å². The first-order valence-electron chi connectivity index (χ1n) is 12.5. The summed E-state index contributed by atoms with van der Waals surface area (Å²) in [5, 5.41) is 12.9. The van der Waals surface area contributed by atoms with Crippen LogP contribution in [0.15, 0.2) is 60.9 Å². The SMILES string of the molecule is Cc1cc(F)ccc1-c1nc(NCCc2cccnc2)nc2c1CNC(=O)N2c1c(F)cccc1F.O=C(O)C(F)(F)F. The molecule has 3 heterocycles. The molecule has 224 valence electrons. The third-order valence-corrected chi connectivity index (χ3v) is 6.08. The van der Waals surface area contributed by atoms with E-state index in [9.17, 15) is 31.1 Å². The molecule has 2 aromatic carbocycles. The summed E-state index contributed by atoms with van der Waals surface area (Å²) in [6.07, 6.45) is -1.04. The van der Waals surface area contributed by atoms with E-state index in [1.807, 2.05) is 12.1 Å². The highest BCUT2D eigenvalue weighted by molar-refractivity contribution is 6.02. The number of aromatic nitrogens is 3. The van der Waals surface area contributed by atoms with Crippen molar-refractivity contribution >= 4 is 29.5 Å². The lowest BCUT2D eigenvalue weighted by Crippen LogP contribution is -2.43. The quantitative estimate of drug-likeness (QED) is 0.234. The van der Waals surface area contributed by atoms with Crippen LogP contribution in [-0.2, 0) is 17.8 Å². The first-order valence-corrected chi connectivity index (χ1v) is 12.5. The third kappa shape index (κ3) is 7.17. The molecule has 4 aromatic rings. The molecular formula is C28H22F6N6O3. The Kier molecular flexibility index (Phi) is 9.12. The molecule has 2 amide bonds. The molecule has 0 saturated heterocycles. The molecule has 0 fully saturated rings. The van der Waals surface area contributed by atoms with Crippen molar-refractivity contribution in [2.75, 3.05) is 16.8 Å². The van der Waals surface area contributed by atoms with Gasteiger partial charge in [0.05, 0.1) is 12.2 Å². The zero-order valence-corrected chi connectivity index (χ0v) is 22.2. The number of nitrogens with zero attached hydrogens (tertiary/aromatic N) is 4. The van der Waals surface area contributed by atoms with Crippen molar-refractivity contribution < 1.29 is 41.0 Å². The predicted molar refractivity (Wildman–Crippen MR) is 143 cm³/mol. The van der Waals surface area contributed by atoms with Crippen LogP contribution < -0.4 is 15.5 Å². The van der Waals surface area contributed by atoms with E-state index in [0.717, 1.165) is 22.6 Å². The lowest BCUT2D eigenvalue weighted by Gasteiger charge is -2.31. The molecule has 43 heavy (non-hydrogen) atoms. The van der Waals surface area contributed by atoms with E-state index in [0.29, 0.717) is 35.3 Å². The van der Waals surface area contributed by atoms with Crippen LogP contribution in [0.3, 0.4) is 0 Å². The average Bonchev–Trinajstić information content (AvgIpc) is 2.94. The topological polar surface area (TPSA) is 120 Å². The number of nitrogens with one attached hydrogen (secondary N) is 2. The molecule has 0 unspecified atom stereocenters. The van der Waals surface area contributed by atoms with E-state index in [-0.39, 0.29) is 18.3 Å². The van der Waals surface area contributed by atoms with Crippen LogP contribution in [0.5, 0.6) is 0 Å². The monoisotopic (exact) mass is 604 g/mol. The minimum Gasteiger partial charge on any atom is -0.475 e. The fourth-order valence-corrected chi connectivity index (χ4v) is 4.13. The van der Waals surface area contributed by atoms with Crippen LogP contribution in [0.2, 0.25) is 0 Å². The number of carboxylic acids is 1. The standard InChI is InChI=1S/C26H21F3N6O.C2HF3O2/c1-15-12-17(27)7-8-18(15)22-19-14-32-26(36)35(23-20(28)5-2-6-21(23)29)24(19)34-25(33-22)31-11-9-16-4-3-10-30-13-16;3-2(4,5)1(6)7/h2-8,10,12-13H,9,11,14H2,1H3,(H,32,36)(H,31,33,34);(H,6,7). The maximum atomic E-state index is 14.8. The molecule has 1 aliphatic rings. The third-order valence-electron chi connectivity index (χ3n) is 6.08. The van der Waals surface area contributed by atoms with E-state index in [4.69, 9.17) is 9.90 Å². The number of hydrogen-bond acceptors (Lipinski definition) is 6. The second-order valence-corrected chi connectivity index (χ2v) is 9.06. The van der Waals surface area contributed by atoms with Crippen molar-refractivity contribution in [1.29, 1.82) is 0 Å². The number of aryl methyl sites for hydroxylation is 1. The van der Waals surface area contributed by atoms with Gasteiger partial charge in [0.1, 0.15) is 23.1 Å². The molecule has 1 aliphatic heterocycles. The second kappa shape index (κ2) is 12.8. The molecule has 0 bridgehead atoms. The van der Waals surface area contributed by atoms with Gasteiger partial charge >= 0.3 is 18.2 Å². The number of para-hydroxylation sites is 1. The molecule has 9 nitrogen and oxygen atoms in total. The lowest BCUT2D eigenvalue weighted by molar-refractivity contribution is -0.192. The van der Waals surface area contributed by atoms with Crippen LogP contribution in [0, 0.1) is 24.4 Å². The highest BCUT2D eigenvalue weighted by Gasteiger charge is 2.38. The van der Waals surface area contributed by atoms with Crippen LogP contribution in [-0.4, -0.2) is 44.8 Å². The molecule has 0 aliphatic carbocycles. The first kappa shape index (κ1) is 30.7. The second-order valence-electron chi connectivity index (χ2n) is 9.06. The summed E-state index contributed by atoms with van der Waals surface area (Å²) in [6, 6.07) is 10.7. The summed E-state index contributed by atoms with van der Waals surface area (Å²) >= 11 is 0. The van der Waals surface area contributed by atoms with E-state index >= 15 is 0 Å². The molecule has 0 saturated carbocycles. The number of amides is 2. The number of carbonyl (C=O) groups is 2. The fraction of sp³-hybridized carbons (Fsp3) is 0.179. The van der Waals surface area contributed by atoms with Crippen LogP contribution in [0.4, 0.5) is 48.6 Å². The largest absolute Gasteiger partial charge is 0.490 e. The van der Waals surface area contributed by atoms with E-state index in [1.165, 1.54) is 18.2 Å². The molecule has 2 aromatic heterocycles. The normalized spacial score (nSPS) is 12.5. The van der Waals surface area contributed by atoms with Gasteiger partial charge in [-0.3, -0.25) is 4.98 Å². The number of anilines is 3. The number of alkyl halides is 3. The van der Waals surface area contributed by atoms with Crippen molar-refractivity contribution in [2.45, 2.75) is 26.1 Å². The van der Waals surface area contributed by atoms with Gasteiger partial charge < -0.3 is 15.7 Å². The molecular weight excluding hydrogens is 582 g/mol. The summed E-state index contributed by atoms with van der Waals surface area (Å²) in [5.74, 6) is -4.79. The Labute approximate surface area is 240 Å². The maximum absolute atomic E-state index is 14.8. The summed E-state index contributed by atoms with van der Waals surface area (Å²) in [4.78, 5) is 35.9. The van der Waals surface area contributed by atoms with Gasteiger partial charge in [-0.2, -0.15) is 18.2 Å². The van der Waals surface area contributed by atoms with Gasteiger partial charge in [0, 0.05) is 30.1 Å². The zero-order chi connectivity index (χ0) is 31.3. The Morgan fingerprint density at radius 2 is 1.77 bits per heavy atom. The number of carbonyl (C=O) groups excluding carboxylic acids is 1. The Balaban J connectivity index is 0.000000541. The lowest BCUT2D eigenvalue weighted by atomic mass is 10.00. The number of halogens is 6. The first-order chi connectivity index (χ1) is 20.4. The highest BCUT2D eigenvalue weighted by Crippen LogP contribution is 2.39. The van der Waals surface area contributed by atoms with E-state index in [1.54, 1.807) is 25.4 Å². The number of aliphatic carboxylic acids is 1. The number of carboxylic acid groups (broad SMARTS) is 1. The van der Waals surface area contributed by atoms with Gasteiger partial charge in [-0.05, 0) is 60.9 Å². The number of pyridine rings is 1. The van der Waals surface area contributed by atoms with Crippen LogP contribution in [0.25, 0.3) is 11.3 Å². The van der Waals surface area contributed by atoms with Gasteiger partial charge in [-0.1, -0.05) is 12.1 Å². The zero-order valence-electron chi connectivity index (χ0n) is 22.2. The molecule has 3 N–H and O–H groups in total. The smallest absolute Gasteiger partial charge is 0.475 e. The molecule has 0 radical (unpaired) electrons. The Hall–Kier alpha value is -5.21. The Morgan fingerprint density at radius 1 is 1.07 bits per heavy atom. The van der Waals surface area contributed by atoms with Crippen molar-refractivity contribution in [3.63, 3.8) is 0 Å². The number of fused-ring (bicyclic) bond motifs is 1.